The summed E-state index contributed by atoms with van der Waals surface area (Å²) in [6.07, 6.45) is 1.91. The van der Waals surface area contributed by atoms with Crippen LogP contribution in [0.1, 0.15) is 40.7 Å². The lowest BCUT2D eigenvalue weighted by Crippen LogP contribution is -2.16. The molecule has 0 fully saturated rings. The first-order valence-electron chi connectivity index (χ1n) is 7.88. The fourth-order valence-corrected chi connectivity index (χ4v) is 2.81. The van der Waals surface area contributed by atoms with Crippen LogP contribution in [0.4, 0.5) is 0 Å². The SMILES string of the molecule is CCCc1c(C)nn(C(=O)c2cc(OC)c(OC)c(OC)c2)c1C. The smallest absolute Gasteiger partial charge is 0.278 e. The molecule has 6 nitrogen and oxygen atoms in total. The fraction of sp³-hybridized carbons (Fsp3) is 0.444. The van der Waals surface area contributed by atoms with E-state index in [2.05, 4.69) is 12.0 Å². The van der Waals surface area contributed by atoms with Gasteiger partial charge < -0.3 is 14.2 Å². The summed E-state index contributed by atoms with van der Waals surface area (Å²) in [6, 6.07) is 3.28. The quantitative estimate of drug-likeness (QED) is 0.813. The zero-order chi connectivity index (χ0) is 17.9. The van der Waals surface area contributed by atoms with E-state index in [9.17, 15) is 4.79 Å². The van der Waals surface area contributed by atoms with Crippen molar-refractivity contribution in [3.63, 3.8) is 0 Å². The fourth-order valence-electron chi connectivity index (χ4n) is 2.81. The molecule has 1 heterocycles. The monoisotopic (exact) mass is 332 g/mol. The molecular formula is C18H24N2O4. The first kappa shape index (κ1) is 17.8. The van der Waals surface area contributed by atoms with E-state index in [0.29, 0.717) is 22.8 Å². The van der Waals surface area contributed by atoms with Crippen molar-refractivity contribution in [3.05, 3.63) is 34.6 Å². The molecule has 0 atom stereocenters. The Bertz CT molecular complexity index is 725. The minimum Gasteiger partial charge on any atom is -0.493 e. The molecule has 130 valence electrons. The van der Waals surface area contributed by atoms with Crippen molar-refractivity contribution < 1.29 is 19.0 Å². The molecule has 2 rings (SSSR count). The highest BCUT2D eigenvalue weighted by molar-refractivity contribution is 5.97. The topological polar surface area (TPSA) is 62.6 Å². The van der Waals surface area contributed by atoms with Crippen molar-refractivity contribution in [2.24, 2.45) is 0 Å². The molecule has 0 spiro atoms. The normalized spacial score (nSPS) is 10.6. The van der Waals surface area contributed by atoms with Crippen LogP contribution in [-0.2, 0) is 6.42 Å². The van der Waals surface area contributed by atoms with Crippen molar-refractivity contribution in [1.82, 2.24) is 9.78 Å². The Balaban J connectivity index is 2.53. The van der Waals surface area contributed by atoms with Gasteiger partial charge in [-0.25, -0.2) is 4.68 Å². The molecule has 1 aromatic heterocycles. The van der Waals surface area contributed by atoms with Crippen molar-refractivity contribution in [2.75, 3.05) is 21.3 Å². The molecule has 0 amide bonds. The summed E-state index contributed by atoms with van der Waals surface area (Å²) in [6.45, 7) is 5.95. The van der Waals surface area contributed by atoms with E-state index in [1.165, 1.54) is 26.0 Å². The lowest BCUT2D eigenvalue weighted by atomic mass is 10.1. The number of carbonyl (C=O) groups excluding carboxylic acids is 1. The van der Waals surface area contributed by atoms with Crippen LogP contribution < -0.4 is 14.2 Å². The van der Waals surface area contributed by atoms with E-state index in [4.69, 9.17) is 14.2 Å². The predicted octanol–water partition coefficient (Wildman–Crippen LogP) is 3.17. The largest absolute Gasteiger partial charge is 0.493 e. The maximum absolute atomic E-state index is 12.9. The number of ether oxygens (including phenoxy) is 3. The van der Waals surface area contributed by atoms with Gasteiger partial charge in [0, 0.05) is 11.3 Å². The first-order chi connectivity index (χ1) is 11.5. The van der Waals surface area contributed by atoms with Crippen LogP contribution in [0.5, 0.6) is 17.2 Å². The number of aromatic nitrogens is 2. The average Bonchev–Trinajstić information content (AvgIpc) is 2.88. The zero-order valence-corrected chi connectivity index (χ0v) is 15.1. The molecule has 0 bridgehead atoms. The third-order valence-electron chi connectivity index (χ3n) is 4.05. The molecule has 0 N–H and O–H groups in total. The van der Waals surface area contributed by atoms with Crippen LogP contribution in [-0.4, -0.2) is 37.0 Å². The van der Waals surface area contributed by atoms with Gasteiger partial charge in [0.25, 0.3) is 5.91 Å². The number of benzene rings is 1. The second-order valence-electron chi connectivity index (χ2n) is 5.53. The van der Waals surface area contributed by atoms with Crippen LogP contribution in [0.15, 0.2) is 12.1 Å². The number of carbonyl (C=O) groups is 1. The Morgan fingerprint density at radius 2 is 1.67 bits per heavy atom. The van der Waals surface area contributed by atoms with Gasteiger partial charge in [0.1, 0.15) is 0 Å². The first-order valence-corrected chi connectivity index (χ1v) is 7.88. The highest BCUT2D eigenvalue weighted by atomic mass is 16.5. The molecule has 24 heavy (non-hydrogen) atoms. The third kappa shape index (κ3) is 3.09. The number of hydrogen-bond donors (Lipinski definition) is 0. The molecule has 0 saturated heterocycles. The van der Waals surface area contributed by atoms with Crippen LogP contribution in [0.2, 0.25) is 0 Å². The molecular weight excluding hydrogens is 308 g/mol. The molecule has 0 saturated carbocycles. The number of nitrogens with zero attached hydrogens (tertiary/aromatic N) is 2. The van der Waals surface area contributed by atoms with E-state index >= 15 is 0 Å². The Morgan fingerprint density at radius 3 is 2.12 bits per heavy atom. The minimum absolute atomic E-state index is 0.225. The maximum atomic E-state index is 12.9. The van der Waals surface area contributed by atoms with Crippen LogP contribution in [0, 0.1) is 13.8 Å². The van der Waals surface area contributed by atoms with E-state index in [0.717, 1.165) is 29.8 Å². The van der Waals surface area contributed by atoms with Gasteiger partial charge in [0.05, 0.1) is 27.0 Å². The van der Waals surface area contributed by atoms with Gasteiger partial charge in [-0.1, -0.05) is 13.3 Å². The number of aryl methyl sites for hydroxylation is 1. The summed E-state index contributed by atoms with van der Waals surface area (Å²) in [5.74, 6) is 1.11. The Kier molecular flexibility index (Phi) is 5.49. The van der Waals surface area contributed by atoms with Gasteiger partial charge in [-0.15, -0.1) is 0 Å². The highest BCUT2D eigenvalue weighted by Crippen LogP contribution is 2.38. The number of methoxy groups -OCH3 is 3. The molecule has 0 radical (unpaired) electrons. The minimum atomic E-state index is -0.225. The molecule has 0 aliphatic carbocycles. The summed E-state index contributed by atoms with van der Waals surface area (Å²) in [7, 11) is 4.57. The van der Waals surface area contributed by atoms with Gasteiger partial charge in [0.15, 0.2) is 11.5 Å². The van der Waals surface area contributed by atoms with Crippen LogP contribution >= 0.6 is 0 Å². The highest BCUT2D eigenvalue weighted by Gasteiger charge is 2.21. The van der Waals surface area contributed by atoms with Crippen molar-refractivity contribution in [1.29, 1.82) is 0 Å². The summed E-state index contributed by atoms with van der Waals surface area (Å²) in [4.78, 5) is 12.9. The van der Waals surface area contributed by atoms with Crippen LogP contribution in [0.3, 0.4) is 0 Å². The van der Waals surface area contributed by atoms with Gasteiger partial charge in [-0.2, -0.15) is 5.10 Å². The standard InChI is InChI=1S/C18H24N2O4/c1-7-8-14-11(2)19-20(12(14)3)18(21)13-9-15(22-4)17(24-6)16(10-13)23-5/h9-10H,7-8H2,1-6H3. The Labute approximate surface area is 142 Å². The van der Waals surface area contributed by atoms with Crippen molar-refractivity contribution in [2.45, 2.75) is 33.6 Å². The molecule has 0 aliphatic heterocycles. The summed E-state index contributed by atoms with van der Waals surface area (Å²) >= 11 is 0. The van der Waals surface area contributed by atoms with Crippen LogP contribution in [0.25, 0.3) is 0 Å². The zero-order valence-electron chi connectivity index (χ0n) is 15.1. The second kappa shape index (κ2) is 7.38. The Hall–Kier alpha value is -2.50. The van der Waals surface area contributed by atoms with Gasteiger partial charge in [-0.05, 0) is 38.0 Å². The summed E-state index contributed by atoms with van der Waals surface area (Å²) in [5, 5.41) is 4.41. The number of rotatable bonds is 6. The van der Waals surface area contributed by atoms with E-state index < -0.39 is 0 Å². The van der Waals surface area contributed by atoms with E-state index in [1.807, 2.05) is 13.8 Å². The van der Waals surface area contributed by atoms with Gasteiger partial charge in [-0.3, -0.25) is 4.79 Å². The molecule has 2 aromatic rings. The van der Waals surface area contributed by atoms with Crippen molar-refractivity contribution in [3.8, 4) is 17.2 Å². The maximum Gasteiger partial charge on any atom is 0.278 e. The molecule has 0 unspecified atom stereocenters. The van der Waals surface area contributed by atoms with Crippen molar-refractivity contribution >= 4 is 5.91 Å². The third-order valence-corrected chi connectivity index (χ3v) is 4.05. The van der Waals surface area contributed by atoms with E-state index in [1.54, 1.807) is 12.1 Å². The van der Waals surface area contributed by atoms with E-state index in [-0.39, 0.29) is 5.91 Å². The second-order valence-corrected chi connectivity index (χ2v) is 5.53. The summed E-state index contributed by atoms with van der Waals surface area (Å²) in [5.41, 5.74) is 3.31. The predicted molar refractivity (Wildman–Crippen MR) is 91.5 cm³/mol. The molecule has 0 aliphatic rings. The molecule has 6 heteroatoms. The molecule has 1 aromatic carbocycles. The Morgan fingerprint density at radius 1 is 1.08 bits per heavy atom. The summed E-state index contributed by atoms with van der Waals surface area (Å²) < 4.78 is 17.4. The average molecular weight is 332 g/mol. The van der Waals surface area contributed by atoms with Gasteiger partial charge >= 0.3 is 0 Å². The lowest BCUT2D eigenvalue weighted by molar-refractivity contribution is 0.0941. The number of hydrogen-bond acceptors (Lipinski definition) is 5. The van der Waals surface area contributed by atoms with Gasteiger partial charge in [0.2, 0.25) is 5.75 Å². The lowest BCUT2D eigenvalue weighted by Gasteiger charge is -2.14.